The number of carbonyl (C=O) groups excluding carboxylic acids is 2. The number of hydrogen-bond acceptors (Lipinski definition) is 3. The van der Waals surface area contributed by atoms with Gasteiger partial charge in [-0.2, -0.15) is 5.26 Å². The molecule has 2 amide bonds. The lowest BCUT2D eigenvalue weighted by Gasteiger charge is -2.16. The first kappa shape index (κ1) is 20.4. The molecule has 0 aliphatic carbocycles. The Morgan fingerprint density at radius 2 is 2.00 bits per heavy atom. The SMILES string of the molecule is CCCn1c(C)cc(/C=C(\C#N)C(=O)Nc2ccc(N3CCCC3=O)cc2)c1C. The van der Waals surface area contributed by atoms with Crippen molar-refractivity contribution in [1.82, 2.24) is 4.57 Å². The van der Waals surface area contributed by atoms with Crippen molar-refractivity contribution in [2.24, 2.45) is 0 Å². The average Bonchev–Trinajstić information content (AvgIpc) is 3.25. The van der Waals surface area contributed by atoms with Gasteiger partial charge in [0, 0.05) is 42.3 Å². The molecule has 0 unspecified atom stereocenters. The molecule has 3 rings (SSSR count). The lowest BCUT2D eigenvalue weighted by atomic mass is 10.1. The molecule has 29 heavy (non-hydrogen) atoms. The number of amides is 2. The van der Waals surface area contributed by atoms with E-state index in [9.17, 15) is 14.9 Å². The fraction of sp³-hybridized carbons (Fsp3) is 0.348. The van der Waals surface area contributed by atoms with Crippen molar-refractivity contribution in [2.45, 2.75) is 46.6 Å². The van der Waals surface area contributed by atoms with Gasteiger partial charge in [0.15, 0.2) is 0 Å². The quantitative estimate of drug-likeness (QED) is 0.593. The maximum Gasteiger partial charge on any atom is 0.266 e. The molecular formula is C23H26N4O2. The first-order chi connectivity index (χ1) is 13.9. The number of benzene rings is 1. The van der Waals surface area contributed by atoms with Gasteiger partial charge in [0.2, 0.25) is 5.91 Å². The van der Waals surface area contributed by atoms with Crippen LogP contribution >= 0.6 is 0 Å². The monoisotopic (exact) mass is 390 g/mol. The Balaban J connectivity index is 1.75. The molecular weight excluding hydrogens is 364 g/mol. The number of nitrogens with one attached hydrogen (secondary N) is 1. The summed E-state index contributed by atoms with van der Waals surface area (Å²) in [6.07, 6.45) is 4.10. The third kappa shape index (κ3) is 4.40. The predicted octanol–water partition coefficient (Wildman–Crippen LogP) is 4.19. The van der Waals surface area contributed by atoms with Gasteiger partial charge in [0.05, 0.1) is 0 Å². The van der Waals surface area contributed by atoms with E-state index < -0.39 is 5.91 Å². The van der Waals surface area contributed by atoms with Crippen LogP contribution in [0.1, 0.15) is 43.1 Å². The van der Waals surface area contributed by atoms with Gasteiger partial charge in [0.1, 0.15) is 11.6 Å². The molecule has 150 valence electrons. The molecule has 0 bridgehead atoms. The number of carbonyl (C=O) groups is 2. The van der Waals surface area contributed by atoms with Crippen molar-refractivity contribution in [1.29, 1.82) is 5.26 Å². The van der Waals surface area contributed by atoms with Gasteiger partial charge >= 0.3 is 0 Å². The second-order valence-corrected chi connectivity index (χ2v) is 7.30. The zero-order chi connectivity index (χ0) is 21.0. The number of aryl methyl sites for hydroxylation is 1. The number of hydrogen-bond donors (Lipinski definition) is 1. The van der Waals surface area contributed by atoms with Crippen LogP contribution in [0.2, 0.25) is 0 Å². The maximum absolute atomic E-state index is 12.6. The van der Waals surface area contributed by atoms with Crippen LogP contribution in [0.3, 0.4) is 0 Å². The smallest absolute Gasteiger partial charge is 0.266 e. The van der Waals surface area contributed by atoms with Crippen molar-refractivity contribution < 1.29 is 9.59 Å². The summed E-state index contributed by atoms with van der Waals surface area (Å²) in [5.74, 6) is -0.324. The van der Waals surface area contributed by atoms with E-state index in [0.717, 1.165) is 48.6 Å². The first-order valence-electron chi connectivity index (χ1n) is 9.95. The molecule has 1 N–H and O–H groups in total. The van der Waals surface area contributed by atoms with E-state index in [4.69, 9.17) is 0 Å². The Kier molecular flexibility index (Phi) is 6.18. The van der Waals surface area contributed by atoms with E-state index in [1.54, 1.807) is 23.1 Å². The number of nitrogens with zero attached hydrogens (tertiary/aromatic N) is 3. The molecule has 2 aromatic rings. The van der Waals surface area contributed by atoms with Crippen molar-refractivity contribution in [3.05, 3.63) is 52.9 Å². The maximum atomic E-state index is 12.6. The molecule has 6 nitrogen and oxygen atoms in total. The molecule has 1 aromatic carbocycles. The Labute approximate surface area is 171 Å². The van der Waals surface area contributed by atoms with Crippen LogP contribution in [0.15, 0.2) is 35.9 Å². The van der Waals surface area contributed by atoms with Crippen LogP contribution in [0.25, 0.3) is 6.08 Å². The molecule has 1 fully saturated rings. The van der Waals surface area contributed by atoms with E-state index in [-0.39, 0.29) is 11.5 Å². The van der Waals surface area contributed by atoms with Gasteiger partial charge in [-0.15, -0.1) is 0 Å². The Morgan fingerprint density at radius 3 is 2.59 bits per heavy atom. The number of anilines is 2. The summed E-state index contributed by atoms with van der Waals surface area (Å²) in [5.41, 5.74) is 4.50. The fourth-order valence-corrected chi connectivity index (χ4v) is 3.69. The number of nitriles is 1. The summed E-state index contributed by atoms with van der Waals surface area (Å²) >= 11 is 0. The van der Waals surface area contributed by atoms with Crippen LogP contribution in [0.4, 0.5) is 11.4 Å². The molecule has 0 radical (unpaired) electrons. The highest BCUT2D eigenvalue weighted by molar-refractivity contribution is 6.09. The van der Waals surface area contributed by atoms with Crippen molar-refractivity contribution >= 4 is 29.3 Å². The second-order valence-electron chi connectivity index (χ2n) is 7.30. The largest absolute Gasteiger partial charge is 0.349 e. The van der Waals surface area contributed by atoms with Crippen LogP contribution < -0.4 is 10.2 Å². The number of rotatable bonds is 6. The minimum atomic E-state index is -0.446. The number of aromatic nitrogens is 1. The minimum Gasteiger partial charge on any atom is -0.349 e. The highest BCUT2D eigenvalue weighted by atomic mass is 16.2. The Bertz CT molecular complexity index is 993. The van der Waals surface area contributed by atoms with Crippen LogP contribution in [0.5, 0.6) is 0 Å². The Hall–Kier alpha value is -3.33. The van der Waals surface area contributed by atoms with Gasteiger partial charge in [-0.05, 0) is 68.7 Å². The van der Waals surface area contributed by atoms with Gasteiger partial charge in [-0.25, -0.2) is 0 Å². The molecule has 6 heteroatoms. The van der Waals surface area contributed by atoms with E-state index in [2.05, 4.69) is 16.8 Å². The van der Waals surface area contributed by atoms with Crippen LogP contribution in [-0.2, 0) is 16.1 Å². The van der Waals surface area contributed by atoms with Crippen LogP contribution in [0, 0.1) is 25.2 Å². The molecule has 0 saturated carbocycles. The molecule has 1 saturated heterocycles. The van der Waals surface area contributed by atoms with Crippen LogP contribution in [-0.4, -0.2) is 22.9 Å². The standard InChI is InChI=1S/C23H26N4O2/c1-4-11-26-16(2)13-18(17(26)3)14-19(15-24)23(29)25-20-7-9-21(10-8-20)27-12-5-6-22(27)28/h7-10,13-14H,4-6,11-12H2,1-3H3,(H,25,29)/b19-14+. The summed E-state index contributed by atoms with van der Waals surface area (Å²) in [5, 5.41) is 12.3. The molecule has 0 atom stereocenters. The first-order valence-corrected chi connectivity index (χ1v) is 9.95. The summed E-state index contributed by atoms with van der Waals surface area (Å²) in [4.78, 5) is 26.2. The summed E-state index contributed by atoms with van der Waals surface area (Å²) < 4.78 is 2.19. The molecule has 1 aliphatic rings. The van der Waals surface area contributed by atoms with Gasteiger partial charge in [0.25, 0.3) is 5.91 Å². The average molecular weight is 390 g/mol. The molecule has 2 heterocycles. The summed E-state index contributed by atoms with van der Waals surface area (Å²) in [6, 6.07) is 11.1. The van der Waals surface area contributed by atoms with Gasteiger partial charge in [-0.1, -0.05) is 6.92 Å². The van der Waals surface area contributed by atoms with Crippen molar-refractivity contribution in [2.75, 3.05) is 16.8 Å². The lowest BCUT2D eigenvalue weighted by Crippen LogP contribution is -2.23. The zero-order valence-corrected chi connectivity index (χ0v) is 17.2. The van der Waals surface area contributed by atoms with Crippen molar-refractivity contribution in [3.63, 3.8) is 0 Å². The molecule has 0 spiro atoms. The molecule has 1 aliphatic heterocycles. The fourth-order valence-electron chi connectivity index (χ4n) is 3.69. The highest BCUT2D eigenvalue weighted by Crippen LogP contribution is 2.24. The topological polar surface area (TPSA) is 78.1 Å². The minimum absolute atomic E-state index is 0.0561. The third-order valence-electron chi connectivity index (χ3n) is 5.24. The van der Waals surface area contributed by atoms with Gasteiger partial charge in [-0.3, -0.25) is 9.59 Å². The normalized spacial score (nSPS) is 14.2. The summed E-state index contributed by atoms with van der Waals surface area (Å²) in [6.45, 7) is 7.78. The third-order valence-corrected chi connectivity index (χ3v) is 5.24. The lowest BCUT2D eigenvalue weighted by molar-refractivity contribution is -0.117. The van der Waals surface area contributed by atoms with E-state index in [1.807, 2.05) is 38.1 Å². The van der Waals surface area contributed by atoms with E-state index in [1.165, 1.54) is 0 Å². The Morgan fingerprint density at radius 1 is 1.28 bits per heavy atom. The molecule has 1 aromatic heterocycles. The zero-order valence-electron chi connectivity index (χ0n) is 17.2. The predicted molar refractivity (Wildman–Crippen MR) is 114 cm³/mol. The van der Waals surface area contributed by atoms with Crippen molar-refractivity contribution in [3.8, 4) is 6.07 Å². The van der Waals surface area contributed by atoms with Gasteiger partial charge < -0.3 is 14.8 Å². The summed E-state index contributed by atoms with van der Waals surface area (Å²) in [7, 11) is 0. The second kappa shape index (κ2) is 8.78. The van der Waals surface area contributed by atoms with E-state index >= 15 is 0 Å². The highest BCUT2D eigenvalue weighted by Gasteiger charge is 2.21. The van der Waals surface area contributed by atoms with E-state index in [0.29, 0.717) is 12.1 Å².